The Hall–Kier alpha value is -2.04. The largest absolute Gasteiger partial charge is 0.380 e. The first-order valence-corrected chi connectivity index (χ1v) is 13.6. The number of hydrogen-bond donors (Lipinski definition) is 1. The molecule has 0 aromatic carbocycles. The summed E-state index contributed by atoms with van der Waals surface area (Å²) in [6.45, 7) is 7.89. The van der Waals surface area contributed by atoms with Crippen LogP contribution in [0, 0.1) is 6.92 Å². The summed E-state index contributed by atoms with van der Waals surface area (Å²) in [5.41, 5.74) is 2.26. The monoisotopic (exact) mass is 480 g/mol. The van der Waals surface area contributed by atoms with Gasteiger partial charge in [0, 0.05) is 50.9 Å². The molecule has 2 fully saturated rings. The van der Waals surface area contributed by atoms with Crippen molar-refractivity contribution in [2.24, 2.45) is 0 Å². The highest BCUT2D eigenvalue weighted by Crippen LogP contribution is 2.29. The molecule has 10 heteroatoms. The van der Waals surface area contributed by atoms with Gasteiger partial charge in [-0.1, -0.05) is 6.92 Å². The number of aromatic nitrogens is 1. The summed E-state index contributed by atoms with van der Waals surface area (Å²) in [5, 5.41) is 2.92. The molecule has 2 saturated heterocycles. The molecule has 1 aromatic heterocycles. The molecule has 0 saturated carbocycles. The van der Waals surface area contributed by atoms with Gasteiger partial charge in [0.25, 0.3) is 5.91 Å². The Labute approximate surface area is 196 Å². The van der Waals surface area contributed by atoms with E-state index in [1.54, 1.807) is 0 Å². The quantitative estimate of drug-likeness (QED) is 0.525. The fraction of sp³-hybridized carbons (Fsp3) is 0.696. The average molecular weight is 481 g/mol. The van der Waals surface area contributed by atoms with Crippen LogP contribution in [0.15, 0.2) is 12.1 Å². The number of likely N-dealkylation sites (tertiary alicyclic amines) is 1. The van der Waals surface area contributed by atoms with Crippen LogP contribution in [0.5, 0.6) is 0 Å². The van der Waals surface area contributed by atoms with Crippen molar-refractivity contribution in [1.82, 2.24) is 20.1 Å². The summed E-state index contributed by atoms with van der Waals surface area (Å²) in [7, 11) is -2.95. The number of sulfone groups is 1. The molecule has 0 radical (unpaired) electrons. The Bertz CT molecular complexity index is 915. The summed E-state index contributed by atoms with van der Waals surface area (Å²) in [5.74, 6) is 0.255. The number of nitrogens with zero attached hydrogens (tertiary/aromatic N) is 3. The minimum atomic E-state index is -2.95. The minimum absolute atomic E-state index is 0.0370. The number of carbonyl (C=O) groups excluding carboxylic acids is 2. The molecule has 1 N–H and O–H groups in total. The van der Waals surface area contributed by atoms with Crippen LogP contribution >= 0.6 is 0 Å². The van der Waals surface area contributed by atoms with E-state index in [1.807, 2.05) is 35.8 Å². The molecule has 9 nitrogen and oxygen atoms in total. The number of aryl methyl sites for hydroxylation is 1. The van der Waals surface area contributed by atoms with Gasteiger partial charge in [0.15, 0.2) is 9.84 Å². The first-order chi connectivity index (χ1) is 15.8. The molecule has 0 aliphatic carbocycles. The number of carbonyl (C=O) groups is 2. The highest BCUT2D eigenvalue weighted by molar-refractivity contribution is 7.91. The van der Waals surface area contributed by atoms with Gasteiger partial charge in [0.2, 0.25) is 5.91 Å². The van der Waals surface area contributed by atoms with Gasteiger partial charge in [0.1, 0.15) is 0 Å². The molecule has 0 bridgehead atoms. The smallest absolute Gasteiger partial charge is 0.253 e. The van der Waals surface area contributed by atoms with E-state index in [-0.39, 0.29) is 35.8 Å². The SMILES string of the molecule is CCCOCCNC(=O)c1ccc(C)nc1C1CCN(C(=O)CN2CCS(=O)(=O)CC2)CC1. The fourth-order valence-corrected chi connectivity index (χ4v) is 5.54. The minimum Gasteiger partial charge on any atom is -0.380 e. The molecule has 33 heavy (non-hydrogen) atoms. The van der Waals surface area contributed by atoms with Crippen LogP contribution in [0.25, 0.3) is 0 Å². The predicted molar refractivity (Wildman–Crippen MR) is 126 cm³/mol. The molecule has 1 aromatic rings. The number of piperidine rings is 1. The van der Waals surface area contributed by atoms with Crippen molar-refractivity contribution < 1.29 is 22.7 Å². The Morgan fingerprint density at radius 3 is 2.48 bits per heavy atom. The Balaban J connectivity index is 1.54. The van der Waals surface area contributed by atoms with Crippen LogP contribution in [0.2, 0.25) is 0 Å². The van der Waals surface area contributed by atoms with Crippen LogP contribution in [-0.4, -0.2) is 99.0 Å². The van der Waals surface area contributed by atoms with Gasteiger partial charge in [-0.25, -0.2) is 8.42 Å². The Morgan fingerprint density at radius 2 is 1.82 bits per heavy atom. The van der Waals surface area contributed by atoms with E-state index in [2.05, 4.69) is 5.32 Å². The third-order valence-corrected chi connectivity index (χ3v) is 7.83. The Morgan fingerprint density at radius 1 is 1.12 bits per heavy atom. The van der Waals surface area contributed by atoms with E-state index < -0.39 is 9.84 Å². The van der Waals surface area contributed by atoms with Crippen LogP contribution in [0.1, 0.15) is 53.8 Å². The van der Waals surface area contributed by atoms with Crippen molar-refractivity contribution >= 4 is 21.7 Å². The molecule has 2 aliphatic heterocycles. The van der Waals surface area contributed by atoms with Gasteiger partial charge in [-0.2, -0.15) is 0 Å². The van der Waals surface area contributed by atoms with Gasteiger partial charge in [-0.05, 0) is 38.3 Å². The lowest BCUT2D eigenvalue weighted by molar-refractivity contribution is -0.133. The second-order valence-electron chi connectivity index (χ2n) is 8.84. The highest BCUT2D eigenvalue weighted by Gasteiger charge is 2.30. The number of amides is 2. The van der Waals surface area contributed by atoms with Gasteiger partial charge in [0.05, 0.1) is 35.9 Å². The number of rotatable bonds is 9. The molecule has 3 heterocycles. The maximum absolute atomic E-state index is 12.8. The van der Waals surface area contributed by atoms with Crippen molar-refractivity contribution in [3.05, 3.63) is 29.1 Å². The molecule has 0 unspecified atom stereocenters. The third-order valence-electron chi connectivity index (χ3n) is 6.22. The van der Waals surface area contributed by atoms with Crippen molar-refractivity contribution in [3.63, 3.8) is 0 Å². The van der Waals surface area contributed by atoms with Crippen LogP contribution < -0.4 is 5.32 Å². The number of nitrogens with one attached hydrogen (secondary N) is 1. The molecule has 184 valence electrons. The fourth-order valence-electron chi connectivity index (χ4n) is 4.26. The summed E-state index contributed by atoms with van der Waals surface area (Å²) in [4.78, 5) is 34.0. The van der Waals surface area contributed by atoms with E-state index in [0.717, 1.165) is 30.7 Å². The molecular formula is C23H36N4O5S. The number of ether oxygens (including phenoxy) is 1. The van der Waals surface area contributed by atoms with Crippen molar-refractivity contribution in [2.75, 3.05) is 64.0 Å². The average Bonchev–Trinajstić information content (AvgIpc) is 2.80. The van der Waals surface area contributed by atoms with Crippen molar-refractivity contribution in [1.29, 1.82) is 0 Å². The number of pyridine rings is 1. The molecule has 2 amide bonds. The zero-order valence-electron chi connectivity index (χ0n) is 19.7. The standard InChI is InChI=1S/C23H36N4O5S/c1-3-13-32-14-8-24-23(29)20-5-4-18(2)25-22(20)19-6-9-27(10-7-19)21(28)17-26-11-15-33(30,31)16-12-26/h4-5,19H,3,6-17H2,1-2H3,(H,24,29). The maximum Gasteiger partial charge on any atom is 0.253 e. The summed E-state index contributed by atoms with van der Waals surface area (Å²) >= 11 is 0. The number of hydrogen-bond acceptors (Lipinski definition) is 7. The topological polar surface area (TPSA) is 109 Å². The van der Waals surface area contributed by atoms with Crippen LogP contribution in [0.4, 0.5) is 0 Å². The zero-order valence-corrected chi connectivity index (χ0v) is 20.5. The summed E-state index contributed by atoms with van der Waals surface area (Å²) in [6.07, 6.45) is 2.44. The van der Waals surface area contributed by atoms with Gasteiger partial charge in [-0.15, -0.1) is 0 Å². The summed E-state index contributed by atoms with van der Waals surface area (Å²) in [6, 6.07) is 3.69. The van der Waals surface area contributed by atoms with E-state index in [0.29, 0.717) is 51.5 Å². The lowest BCUT2D eigenvalue weighted by atomic mass is 9.89. The van der Waals surface area contributed by atoms with Crippen LogP contribution in [0.3, 0.4) is 0 Å². The second-order valence-corrected chi connectivity index (χ2v) is 11.1. The predicted octanol–water partition coefficient (Wildman–Crippen LogP) is 0.983. The second kappa shape index (κ2) is 11.9. The first-order valence-electron chi connectivity index (χ1n) is 11.8. The summed E-state index contributed by atoms with van der Waals surface area (Å²) < 4.78 is 28.6. The van der Waals surface area contributed by atoms with Gasteiger partial charge >= 0.3 is 0 Å². The molecule has 0 spiro atoms. The maximum atomic E-state index is 12.8. The third kappa shape index (κ3) is 7.48. The van der Waals surface area contributed by atoms with E-state index in [9.17, 15) is 18.0 Å². The Kier molecular flexibility index (Phi) is 9.22. The van der Waals surface area contributed by atoms with Crippen molar-refractivity contribution in [3.8, 4) is 0 Å². The molecule has 2 aliphatic rings. The first kappa shape index (κ1) is 25.6. The molecule has 0 atom stereocenters. The normalized spacial score (nSPS) is 19.4. The van der Waals surface area contributed by atoms with E-state index in [1.165, 1.54) is 0 Å². The van der Waals surface area contributed by atoms with Gasteiger partial charge < -0.3 is 15.0 Å². The molecular weight excluding hydrogens is 444 g/mol. The van der Waals surface area contributed by atoms with Crippen LogP contribution in [-0.2, 0) is 19.4 Å². The molecule has 3 rings (SSSR count). The highest BCUT2D eigenvalue weighted by atomic mass is 32.2. The zero-order chi connectivity index (χ0) is 23.8. The van der Waals surface area contributed by atoms with E-state index in [4.69, 9.17) is 9.72 Å². The lowest BCUT2D eigenvalue weighted by Crippen LogP contribution is -2.48. The van der Waals surface area contributed by atoms with E-state index >= 15 is 0 Å². The lowest BCUT2D eigenvalue weighted by Gasteiger charge is -2.34. The van der Waals surface area contributed by atoms with Crippen molar-refractivity contribution in [2.45, 2.75) is 39.0 Å². The van der Waals surface area contributed by atoms with Gasteiger partial charge in [-0.3, -0.25) is 19.5 Å².